The molecule has 0 N–H and O–H groups in total. The summed E-state index contributed by atoms with van der Waals surface area (Å²) in [6, 6.07) is 0. The van der Waals surface area contributed by atoms with E-state index in [0.717, 1.165) is 135 Å². The van der Waals surface area contributed by atoms with Crippen LogP contribution in [0.25, 0.3) is 0 Å². The zero-order valence-corrected chi connectivity index (χ0v) is 45.9. The van der Waals surface area contributed by atoms with Gasteiger partial charge >= 0.3 is 17.9 Å². The molecule has 0 heterocycles. The molecule has 6 heteroatoms. The molecule has 0 aliphatic heterocycles. The number of hydrogen-bond donors (Lipinski definition) is 0. The van der Waals surface area contributed by atoms with E-state index in [1.54, 1.807) is 0 Å². The maximum absolute atomic E-state index is 12.8. The van der Waals surface area contributed by atoms with Gasteiger partial charge in [0.1, 0.15) is 13.2 Å². The molecule has 0 spiro atoms. The Labute approximate surface area is 437 Å². The second-order valence-electron chi connectivity index (χ2n) is 18.8. The highest BCUT2D eigenvalue weighted by Crippen LogP contribution is 2.14. The summed E-state index contributed by atoms with van der Waals surface area (Å²) < 4.78 is 16.8. The van der Waals surface area contributed by atoms with Crippen LogP contribution in [0.3, 0.4) is 0 Å². The fraction of sp³-hybridized carbons (Fsp3) is 0.646. The maximum atomic E-state index is 12.8. The van der Waals surface area contributed by atoms with Gasteiger partial charge in [0.2, 0.25) is 0 Å². The Balaban J connectivity index is 4.20. The SMILES string of the molecule is CC/C=C\C/C=C\C/C=C\C/C=C\C/C=C\C/C=C\CCCCCCCCCCCCC(=O)OCC(COC(=O)CCCCCCCCC)OC(=O)CCCCCC/C=C\C/C=C\C/C=C\C/C=C\CC. The van der Waals surface area contributed by atoms with Crippen molar-refractivity contribution in [3.05, 3.63) is 122 Å². The summed E-state index contributed by atoms with van der Waals surface area (Å²) in [4.78, 5) is 37.9. The summed E-state index contributed by atoms with van der Waals surface area (Å²) in [5, 5.41) is 0. The van der Waals surface area contributed by atoms with E-state index in [1.807, 2.05) is 0 Å². The van der Waals surface area contributed by atoms with E-state index < -0.39 is 6.10 Å². The number of esters is 3. The molecular weight excluding hydrogens is 877 g/mol. The van der Waals surface area contributed by atoms with Gasteiger partial charge in [-0.3, -0.25) is 14.4 Å². The maximum Gasteiger partial charge on any atom is 0.306 e. The van der Waals surface area contributed by atoms with Gasteiger partial charge in [0, 0.05) is 19.3 Å². The van der Waals surface area contributed by atoms with Gasteiger partial charge in [0.15, 0.2) is 6.10 Å². The lowest BCUT2D eigenvalue weighted by Gasteiger charge is -2.18. The van der Waals surface area contributed by atoms with E-state index in [1.165, 1.54) is 77.0 Å². The van der Waals surface area contributed by atoms with Crippen molar-refractivity contribution in [3.63, 3.8) is 0 Å². The fourth-order valence-corrected chi connectivity index (χ4v) is 7.67. The molecule has 0 amide bonds. The van der Waals surface area contributed by atoms with Crippen LogP contribution < -0.4 is 0 Å². The second kappa shape index (κ2) is 58.4. The lowest BCUT2D eigenvalue weighted by atomic mass is 10.1. The summed E-state index contributed by atoms with van der Waals surface area (Å²) in [6.07, 6.45) is 80.7. The third kappa shape index (κ3) is 56.6. The molecular formula is C65H106O6. The van der Waals surface area contributed by atoms with Crippen molar-refractivity contribution in [1.29, 1.82) is 0 Å². The first kappa shape index (κ1) is 66.8. The predicted octanol–water partition coefficient (Wildman–Crippen LogP) is 19.6. The molecule has 0 fully saturated rings. The molecule has 0 saturated heterocycles. The van der Waals surface area contributed by atoms with Gasteiger partial charge in [-0.2, -0.15) is 0 Å². The Hall–Kier alpha value is -4.19. The molecule has 0 aromatic rings. The third-order valence-electron chi connectivity index (χ3n) is 12.0. The van der Waals surface area contributed by atoms with E-state index >= 15 is 0 Å². The number of carbonyl (C=O) groups excluding carboxylic acids is 3. The Bertz CT molecular complexity index is 1500. The van der Waals surface area contributed by atoms with Gasteiger partial charge < -0.3 is 14.2 Å². The van der Waals surface area contributed by atoms with E-state index in [2.05, 4.69) is 142 Å². The molecule has 0 bridgehead atoms. The van der Waals surface area contributed by atoms with Crippen LogP contribution in [-0.2, 0) is 28.6 Å². The van der Waals surface area contributed by atoms with Gasteiger partial charge in [-0.1, -0.05) is 245 Å². The fourth-order valence-electron chi connectivity index (χ4n) is 7.67. The molecule has 402 valence electrons. The van der Waals surface area contributed by atoms with Crippen LogP contribution in [0.5, 0.6) is 0 Å². The Kier molecular flexibility index (Phi) is 54.9. The van der Waals surface area contributed by atoms with Gasteiger partial charge in [0.25, 0.3) is 0 Å². The summed E-state index contributed by atoms with van der Waals surface area (Å²) in [6.45, 7) is 6.34. The summed E-state index contributed by atoms with van der Waals surface area (Å²) >= 11 is 0. The average Bonchev–Trinajstić information content (AvgIpc) is 3.37. The highest BCUT2D eigenvalue weighted by atomic mass is 16.6. The Morgan fingerprint density at radius 1 is 0.296 bits per heavy atom. The minimum atomic E-state index is -0.792. The van der Waals surface area contributed by atoms with Crippen molar-refractivity contribution in [1.82, 2.24) is 0 Å². The van der Waals surface area contributed by atoms with Crippen molar-refractivity contribution in [2.45, 2.75) is 258 Å². The zero-order chi connectivity index (χ0) is 51.4. The first-order valence-corrected chi connectivity index (χ1v) is 29.0. The number of ether oxygens (including phenoxy) is 3. The minimum absolute atomic E-state index is 0.0906. The van der Waals surface area contributed by atoms with Crippen molar-refractivity contribution >= 4 is 17.9 Å². The topological polar surface area (TPSA) is 78.9 Å². The summed E-state index contributed by atoms with van der Waals surface area (Å²) in [5.41, 5.74) is 0. The normalized spacial score (nSPS) is 13.0. The molecule has 0 aromatic carbocycles. The Morgan fingerprint density at radius 2 is 0.549 bits per heavy atom. The smallest absolute Gasteiger partial charge is 0.306 e. The van der Waals surface area contributed by atoms with E-state index in [4.69, 9.17) is 14.2 Å². The highest BCUT2D eigenvalue weighted by Gasteiger charge is 2.19. The van der Waals surface area contributed by atoms with Crippen molar-refractivity contribution in [2.24, 2.45) is 0 Å². The largest absolute Gasteiger partial charge is 0.462 e. The summed E-state index contributed by atoms with van der Waals surface area (Å²) in [5.74, 6) is -0.928. The van der Waals surface area contributed by atoms with Crippen LogP contribution in [0.15, 0.2) is 122 Å². The van der Waals surface area contributed by atoms with Crippen molar-refractivity contribution < 1.29 is 28.6 Å². The first-order chi connectivity index (χ1) is 35.0. The third-order valence-corrected chi connectivity index (χ3v) is 12.0. The van der Waals surface area contributed by atoms with E-state index in [9.17, 15) is 14.4 Å². The van der Waals surface area contributed by atoms with Crippen LogP contribution in [0.1, 0.15) is 252 Å². The number of hydrogen-bond acceptors (Lipinski definition) is 6. The van der Waals surface area contributed by atoms with Crippen LogP contribution in [0, 0.1) is 0 Å². The van der Waals surface area contributed by atoms with Crippen LogP contribution >= 0.6 is 0 Å². The van der Waals surface area contributed by atoms with Gasteiger partial charge in [0.05, 0.1) is 0 Å². The molecule has 0 aromatic heterocycles. The van der Waals surface area contributed by atoms with Crippen molar-refractivity contribution in [2.75, 3.05) is 13.2 Å². The van der Waals surface area contributed by atoms with Gasteiger partial charge in [-0.05, 0) is 109 Å². The van der Waals surface area contributed by atoms with E-state index in [-0.39, 0.29) is 31.1 Å². The average molecular weight is 984 g/mol. The highest BCUT2D eigenvalue weighted by molar-refractivity contribution is 5.71. The molecule has 0 rings (SSSR count). The Morgan fingerprint density at radius 3 is 0.859 bits per heavy atom. The number of unbranched alkanes of at least 4 members (excludes halogenated alkanes) is 20. The number of rotatable bonds is 51. The lowest BCUT2D eigenvalue weighted by molar-refractivity contribution is -0.167. The van der Waals surface area contributed by atoms with Crippen LogP contribution in [0.4, 0.5) is 0 Å². The molecule has 0 aliphatic carbocycles. The quantitative estimate of drug-likeness (QED) is 0.0261. The van der Waals surface area contributed by atoms with Crippen LogP contribution in [0.2, 0.25) is 0 Å². The number of carbonyl (C=O) groups is 3. The molecule has 6 nitrogen and oxygen atoms in total. The lowest BCUT2D eigenvalue weighted by Crippen LogP contribution is -2.30. The molecule has 0 aliphatic rings. The first-order valence-electron chi connectivity index (χ1n) is 29.0. The molecule has 1 unspecified atom stereocenters. The zero-order valence-electron chi connectivity index (χ0n) is 45.9. The van der Waals surface area contributed by atoms with Crippen LogP contribution in [-0.4, -0.2) is 37.2 Å². The molecule has 71 heavy (non-hydrogen) atoms. The molecule has 0 saturated carbocycles. The molecule has 1 atom stereocenters. The standard InChI is InChI=1S/C65H106O6/c1-4-7-10-13-16-18-20-22-24-26-27-28-29-30-31-32-33-34-35-36-37-39-40-42-44-46-49-52-55-58-64(67)70-61-62(60-69-63(66)57-54-51-48-15-12-9-6-3)71-65(68)59-56-53-50-47-45-43-41-38-25-23-21-19-17-14-11-8-5-2/h7-8,10-11,16-19,22-25,27-28,30-31,33-34,41,43,62H,4-6,9,12-15,20-21,26,29,32,35-40,42,44-61H2,1-3H3/b10-7-,11-8-,18-16-,19-17-,24-22-,25-23-,28-27-,31-30-,34-33-,43-41-. The molecule has 0 radical (unpaired) electrons. The second-order valence-corrected chi connectivity index (χ2v) is 18.8. The van der Waals surface area contributed by atoms with E-state index in [0.29, 0.717) is 19.3 Å². The predicted molar refractivity (Wildman–Crippen MR) is 306 cm³/mol. The van der Waals surface area contributed by atoms with Gasteiger partial charge in [-0.15, -0.1) is 0 Å². The number of allylic oxidation sites excluding steroid dienone is 20. The minimum Gasteiger partial charge on any atom is -0.462 e. The van der Waals surface area contributed by atoms with Gasteiger partial charge in [-0.25, -0.2) is 0 Å². The van der Waals surface area contributed by atoms with Crippen molar-refractivity contribution in [3.8, 4) is 0 Å². The summed E-state index contributed by atoms with van der Waals surface area (Å²) in [7, 11) is 0. The monoisotopic (exact) mass is 983 g/mol.